The number of likely N-dealkylation sites (tertiary alicyclic amines) is 1. The van der Waals surface area contributed by atoms with Gasteiger partial charge in [0.05, 0.1) is 5.92 Å². The Balaban J connectivity index is 1.51. The summed E-state index contributed by atoms with van der Waals surface area (Å²) in [7, 11) is 0. The molecule has 142 valence electrons. The minimum atomic E-state index is -0.414. The molecule has 1 aromatic rings. The number of amides is 2. The van der Waals surface area contributed by atoms with Gasteiger partial charge in [-0.1, -0.05) is 12.8 Å². The van der Waals surface area contributed by atoms with Crippen molar-refractivity contribution in [2.45, 2.75) is 57.0 Å². The number of halogens is 1. The number of hydrogen-bond donors (Lipinski definition) is 2. The van der Waals surface area contributed by atoms with E-state index in [0.717, 1.165) is 38.5 Å². The molecule has 0 radical (unpaired) electrons. The minimum Gasteiger partial charge on any atom is -0.349 e. The molecule has 5 nitrogen and oxygen atoms in total. The number of nitrogens with two attached hydrogens (primary N) is 1. The summed E-state index contributed by atoms with van der Waals surface area (Å²) in [6, 6.07) is 5.56. The zero-order valence-electron chi connectivity index (χ0n) is 15.3. The Kier molecular flexibility index (Phi) is 5.61. The fraction of sp³-hybridized carbons (Fsp3) is 0.600. The van der Waals surface area contributed by atoms with Crippen molar-refractivity contribution in [3.63, 3.8) is 0 Å². The molecule has 2 atom stereocenters. The van der Waals surface area contributed by atoms with E-state index in [2.05, 4.69) is 5.32 Å². The zero-order valence-corrected chi connectivity index (χ0v) is 15.3. The van der Waals surface area contributed by atoms with E-state index in [-0.39, 0.29) is 29.6 Å². The number of hydrogen-bond acceptors (Lipinski definition) is 3. The van der Waals surface area contributed by atoms with E-state index >= 15 is 0 Å². The molecule has 26 heavy (non-hydrogen) atoms. The molecule has 1 saturated carbocycles. The highest BCUT2D eigenvalue weighted by molar-refractivity contribution is 5.94. The Morgan fingerprint density at radius 3 is 2.42 bits per heavy atom. The Hall–Kier alpha value is -1.95. The van der Waals surface area contributed by atoms with E-state index in [1.807, 2.05) is 11.8 Å². The standard InChI is InChI=1S/C20H28FN3O2/c1-20(22)11-3-2-4-17(20)19(26)24-12-9-16(10-13-24)23-18(25)14-5-7-15(21)8-6-14/h5-8,16-17H,2-4,9-13,22H2,1H3,(H,23,25). The summed E-state index contributed by atoms with van der Waals surface area (Å²) >= 11 is 0. The summed E-state index contributed by atoms with van der Waals surface area (Å²) in [5.74, 6) is -0.487. The van der Waals surface area contributed by atoms with Crippen LogP contribution in [0.1, 0.15) is 55.8 Å². The van der Waals surface area contributed by atoms with Crippen molar-refractivity contribution in [1.29, 1.82) is 0 Å². The van der Waals surface area contributed by atoms with Crippen LogP contribution in [0, 0.1) is 11.7 Å². The zero-order chi connectivity index (χ0) is 18.7. The maximum atomic E-state index is 13.0. The van der Waals surface area contributed by atoms with E-state index < -0.39 is 5.54 Å². The number of rotatable bonds is 3. The monoisotopic (exact) mass is 361 g/mol. The van der Waals surface area contributed by atoms with Crippen molar-refractivity contribution in [2.75, 3.05) is 13.1 Å². The van der Waals surface area contributed by atoms with Crippen LogP contribution in [-0.4, -0.2) is 41.4 Å². The molecule has 3 N–H and O–H groups in total. The van der Waals surface area contributed by atoms with E-state index in [1.165, 1.54) is 24.3 Å². The fourth-order valence-corrected chi connectivity index (χ4v) is 4.10. The third kappa shape index (κ3) is 4.23. The fourth-order valence-electron chi connectivity index (χ4n) is 4.10. The summed E-state index contributed by atoms with van der Waals surface area (Å²) in [5, 5.41) is 2.99. The lowest BCUT2D eigenvalue weighted by atomic mass is 9.74. The van der Waals surface area contributed by atoms with Crippen LogP contribution < -0.4 is 11.1 Å². The van der Waals surface area contributed by atoms with Crippen molar-refractivity contribution >= 4 is 11.8 Å². The van der Waals surface area contributed by atoms with Gasteiger partial charge < -0.3 is 16.0 Å². The minimum absolute atomic E-state index is 0.0345. The number of nitrogens with one attached hydrogen (secondary N) is 1. The lowest BCUT2D eigenvalue weighted by Gasteiger charge is -2.41. The Morgan fingerprint density at radius 2 is 1.81 bits per heavy atom. The van der Waals surface area contributed by atoms with Gasteiger partial charge in [-0.3, -0.25) is 9.59 Å². The highest BCUT2D eigenvalue weighted by atomic mass is 19.1. The maximum Gasteiger partial charge on any atom is 0.251 e. The SMILES string of the molecule is CC1(N)CCCCC1C(=O)N1CCC(NC(=O)c2ccc(F)cc2)CC1. The third-order valence-electron chi connectivity index (χ3n) is 5.80. The quantitative estimate of drug-likeness (QED) is 0.868. The number of carbonyl (C=O) groups is 2. The lowest BCUT2D eigenvalue weighted by molar-refractivity contribution is -0.140. The highest BCUT2D eigenvalue weighted by Gasteiger charge is 2.40. The number of carbonyl (C=O) groups excluding carboxylic acids is 2. The number of piperidine rings is 1. The van der Waals surface area contributed by atoms with Crippen LogP contribution >= 0.6 is 0 Å². The van der Waals surface area contributed by atoms with Crippen LogP contribution in [0.4, 0.5) is 4.39 Å². The Morgan fingerprint density at radius 1 is 1.15 bits per heavy atom. The second-order valence-corrected chi connectivity index (χ2v) is 7.88. The lowest BCUT2D eigenvalue weighted by Crippen LogP contribution is -2.56. The number of nitrogens with zero attached hydrogens (tertiary/aromatic N) is 1. The molecule has 1 aliphatic heterocycles. The molecule has 0 spiro atoms. The van der Waals surface area contributed by atoms with Crippen LogP contribution in [0.15, 0.2) is 24.3 Å². The molecule has 2 unspecified atom stereocenters. The molecule has 2 fully saturated rings. The Labute approximate surface area is 154 Å². The van der Waals surface area contributed by atoms with Gasteiger partial charge in [0.1, 0.15) is 5.82 Å². The molecule has 1 aromatic carbocycles. The van der Waals surface area contributed by atoms with Gasteiger partial charge in [0.25, 0.3) is 5.91 Å². The maximum absolute atomic E-state index is 13.0. The molecule has 1 heterocycles. The van der Waals surface area contributed by atoms with E-state index in [4.69, 9.17) is 5.73 Å². The molecule has 2 amide bonds. The van der Waals surface area contributed by atoms with E-state index in [1.54, 1.807) is 0 Å². The van der Waals surface area contributed by atoms with Gasteiger partial charge in [-0.2, -0.15) is 0 Å². The predicted octanol–water partition coefficient (Wildman–Crippen LogP) is 2.45. The third-order valence-corrected chi connectivity index (χ3v) is 5.80. The van der Waals surface area contributed by atoms with Gasteiger partial charge in [0.2, 0.25) is 5.91 Å². The van der Waals surface area contributed by atoms with Gasteiger partial charge in [-0.05, 0) is 56.9 Å². The summed E-state index contributed by atoms with van der Waals surface area (Å²) < 4.78 is 13.0. The summed E-state index contributed by atoms with van der Waals surface area (Å²) in [6.45, 7) is 3.27. The smallest absolute Gasteiger partial charge is 0.251 e. The number of benzene rings is 1. The van der Waals surface area contributed by atoms with Crippen molar-refractivity contribution in [1.82, 2.24) is 10.2 Å². The first-order valence-corrected chi connectivity index (χ1v) is 9.51. The van der Waals surface area contributed by atoms with Crippen LogP contribution in [0.2, 0.25) is 0 Å². The molecule has 0 bridgehead atoms. The largest absolute Gasteiger partial charge is 0.349 e. The molecular weight excluding hydrogens is 333 g/mol. The molecule has 1 aliphatic carbocycles. The Bertz CT molecular complexity index is 652. The van der Waals surface area contributed by atoms with Crippen molar-refractivity contribution in [2.24, 2.45) is 11.7 Å². The first kappa shape index (κ1) is 18.8. The molecule has 1 saturated heterocycles. The summed E-state index contributed by atoms with van der Waals surface area (Å²) in [5.41, 5.74) is 6.40. The highest BCUT2D eigenvalue weighted by Crippen LogP contribution is 2.33. The molecule has 2 aliphatic rings. The average Bonchev–Trinajstić information content (AvgIpc) is 2.62. The predicted molar refractivity (Wildman–Crippen MR) is 98.0 cm³/mol. The van der Waals surface area contributed by atoms with E-state index in [0.29, 0.717) is 18.7 Å². The summed E-state index contributed by atoms with van der Waals surface area (Å²) in [6.07, 6.45) is 5.38. The van der Waals surface area contributed by atoms with Gasteiger partial charge in [-0.25, -0.2) is 4.39 Å². The van der Waals surface area contributed by atoms with Gasteiger partial charge in [0.15, 0.2) is 0 Å². The van der Waals surface area contributed by atoms with Crippen molar-refractivity contribution < 1.29 is 14.0 Å². The van der Waals surface area contributed by atoms with Crippen LogP contribution in [0.5, 0.6) is 0 Å². The van der Waals surface area contributed by atoms with Gasteiger partial charge in [0, 0.05) is 30.2 Å². The second kappa shape index (κ2) is 7.74. The van der Waals surface area contributed by atoms with Gasteiger partial charge in [-0.15, -0.1) is 0 Å². The molecular formula is C20H28FN3O2. The first-order chi connectivity index (χ1) is 12.4. The van der Waals surface area contributed by atoms with Crippen LogP contribution in [0.3, 0.4) is 0 Å². The molecule has 0 aromatic heterocycles. The van der Waals surface area contributed by atoms with Crippen molar-refractivity contribution in [3.8, 4) is 0 Å². The normalized spacial score (nSPS) is 27.2. The average molecular weight is 361 g/mol. The van der Waals surface area contributed by atoms with E-state index in [9.17, 15) is 14.0 Å². The van der Waals surface area contributed by atoms with Crippen LogP contribution in [-0.2, 0) is 4.79 Å². The second-order valence-electron chi connectivity index (χ2n) is 7.88. The topological polar surface area (TPSA) is 75.4 Å². The summed E-state index contributed by atoms with van der Waals surface area (Å²) in [4.78, 5) is 27.0. The molecule has 3 rings (SSSR count). The molecule has 6 heteroatoms. The first-order valence-electron chi connectivity index (χ1n) is 9.51. The van der Waals surface area contributed by atoms with Crippen molar-refractivity contribution in [3.05, 3.63) is 35.6 Å². The van der Waals surface area contributed by atoms with Gasteiger partial charge >= 0.3 is 0 Å². The van der Waals surface area contributed by atoms with Crippen LogP contribution in [0.25, 0.3) is 0 Å².